The molecule has 1 aliphatic rings. The van der Waals surface area contributed by atoms with Crippen LogP contribution in [0, 0.1) is 0 Å². The molecule has 4 rings (SSSR count). The lowest BCUT2D eigenvalue weighted by atomic mass is 10.1. The minimum Gasteiger partial charge on any atom is -0.383 e. The SMILES string of the molecule is CS/C(C)=C(\N)n1ncc(-c2cnc3ccccc3c2)c1/N=C(\C)N1CCS(=O)CC1. The number of nitrogens with zero attached hydrogens (tertiary/aromatic N) is 5. The van der Waals surface area contributed by atoms with Gasteiger partial charge in [0.25, 0.3) is 0 Å². The van der Waals surface area contributed by atoms with Gasteiger partial charge in [0, 0.05) is 63.0 Å². The molecular formula is C22H26N6OS2. The number of hydrogen-bond donors (Lipinski definition) is 1. The third kappa shape index (κ3) is 4.52. The average molecular weight is 455 g/mol. The van der Waals surface area contributed by atoms with Crippen molar-refractivity contribution in [3.63, 3.8) is 0 Å². The summed E-state index contributed by atoms with van der Waals surface area (Å²) in [6.45, 7) is 5.42. The molecule has 0 atom stereocenters. The molecule has 3 heterocycles. The zero-order valence-electron chi connectivity index (χ0n) is 17.9. The minimum atomic E-state index is -0.736. The van der Waals surface area contributed by atoms with Crippen LogP contribution in [0.1, 0.15) is 13.8 Å². The fraction of sp³-hybridized carbons (Fsp3) is 0.318. The number of aromatic nitrogens is 3. The van der Waals surface area contributed by atoms with Crippen molar-refractivity contribution >= 4 is 50.9 Å². The van der Waals surface area contributed by atoms with Crippen LogP contribution in [0.4, 0.5) is 5.82 Å². The van der Waals surface area contributed by atoms with E-state index in [1.54, 1.807) is 22.6 Å². The van der Waals surface area contributed by atoms with Crippen LogP contribution >= 0.6 is 11.8 Å². The molecule has 2 N–H and O–H groups in total. The molecule has 0 aliphatic carbocycles. The molecular weight excluding hydrogens is 428 g/mol. The number of benzene rings is 1. The summed E-state index contributed by atoms with van der Waals surface area (Å²) in [5, 5.41) is 5.63. The number of pyridine rings is 1. The zero-order valence-corrected chi connectivity index (χ0v) is 19.5. The maximum absolute atomic E-state index is 11.7. The Morgan fingerprint density at radius 3 is 2.68 bits per heavy atom. The predicted octanol–water partition coefficient (Wildman–Crippen LogP) is 3.68. The largest absolute Gasteiger partial charge is 0.383 e. The summed E-state index contributed by atoms with van der Waals surface area (Å²) in [7, 11) is -0.736. The molecule has 31 heavy (non-hydrogen) atoms. The Bertz CT molecular complexity index is 1190. The summed E-state index contributed by atoms with van der Waals surface area (Å²) in [5.74, 6) is 3.43. The molecule has 1 saturated heterocycles. The molecule has 1 aliphatic heterocycles. The number of aliphatic imine (C=N–C) groups is 1. The first-order valence-corrected chi connectivity index (χ1v) is 12.8. The number of thioether (sulfide) groups is 1. The van der Waals surface area contributed by atoms with Crippen LogP contribution in [0.3, 0.4) is 0 Å². The topological polar surface area (TPSA) is 89.4 Å². The standard InChI is InChI=1S/C22H26N6OS2/c1-15(30-3)21(23)28-22(26-16(2)27-8-10-31(29)11-9-27)19(14-25-28)18-12-17-6-4-5-7-20(17)24-13-18/h4-7,12-14H,8-11,23H2,1-3H3/b21-15+,26-16+. The third-order valence-electron chi connectivity index (χ3n) is 5.44. The number of para-hydroxylation sites is 1. The van der Waals surface area contributed by atoms with E-state index in [1.165, 1.54) is 0 Å². The quantitative estimate of drug-likeness (QED) is 0.478. The second kappa shape index (κ2) is 9.23. The average Bonchev–Trinajstić information content (AvgIpc) is 3.21. The van der Waals surface area contributed by atoms with E-state index < -0.39 is 10.8 Å². The lowest BCUT2D eigenvalue weighted by Gasteiger charge is -2.27. The first-order valence-electron chi connectivity index (χ1n) is 10.1. The van der Waals surface area contributed by atoms with Gasteiger partial charge in [0.05, 0.1) is 11.7 Å². The lowest BCUT2D eigenvalue weighted by molar-refractivity contribution is 0.453. The summed E-state index contributed by atoms with van der Waals surface area (Å²) in [6.07, 6.45) is 5.63. The van der Waals surface area contributed by atoms with Gasteiger partial charge >= 0.3 is 0 Å². The second-order valence-electron chi connectivity index (χ2n) is 7.35. The van der Waals surface area contributed by atoms with Gasteiger partial charge in [-0.25, -0.2) is 4.99 Å². The smallest absolute Gasteiger partial charge is 0.167 e. The highest BCUT2D eigenvalue weighted by Crippen LogP contribution is 2.34. The Balaban J connectivity index is 1.82. The van der Waals surface area contributed by atoms with Crippen molar-refractivity contribution in [1.82, 2.24) is 19.7 Å². The molecule has 0 radical (unpaired) electrons. The first-order chi connectivity index (χ1) is 15.0. The summed E-state index contributed by atoms with van der Waals surface area (Å²) in [4.78, 5) is 12.7. The van der Waals surface area contributed by atoms with Gasteiger partial charge in [-0.1, -0.05) is 18.2 Å². The molecule has 9 heteroatoms. The van der Waals surface area contributed by atoms with Crippen LogP contribution in [-0.4, -0.2) is 60.6 Å². The van der Waals surface area contributed by atoms with Crippen LogP contribution in [0.2, 0.25) is 0 Å². The van der Waals surface area contributed by atoms with Crippen LogP contribution in [0.25, 0.3) is 27.9 Å². The maximum Gasteiger partial charge on any atom is 0.167 e. The van der Waals surface area contributed by atoms with Crippen molar-refractivity contribution in [1.29, 1.82) is 0 Å². The molecule has 0 bridgehead atoms. The van der Waals surface area contributed by atoms with E-state index in [2.05, 4.69) is 21.0 Å². The van der Waals surface area contributed by atoms with Gasteiger partial charge < -0.3 is 10.6 Å². The van der Waals surface area contributed by atoms with Crippen molar-refractivity contribution in [2.24, 2.45) is 10.7 Å². The van der Waals surface area contributed by atoms with E-state index in [4.69, 9.17) is 10.7 Å². The summed E-state index contributed by atoms with van der Waals surface area (Å²) < 4.78 is 13.4. The molecule has 3 aromatic rings. The fourth-order valence-electron chi connectivity index (χ4n) is 3.49. The van der Waals surface area contributed by atoms with Gasteiger partial charge in [-0.05, 0) is 32.2 Å². The number of nitrogens with two attached hydrogens (primary N) is 1. The lowest BCUT2D eigenvalue weighted by Crippen LogP contribution is -2.40. The summed E-state index contributed by atoms with van der Waals surface area (Å²) in [5.41, 5.74) is 9.17. The Morgan fingerprint density at radius 2 is 1.94 bits per heavy atom. The molecule has 0 amide bonds. The van der Waals surface area contributed by atoms with Gasteiger partial charge in [-0.3, -0.25) is 9.19 Å². The van der Waals surface area contributed by atoms with Gasteiger partial charge in [0.1, 0.15) is 11.7 Å². The normalized spacial score (nSPS) is 16.6. The summed E-state index contributed by atoms with van der Waals surface area (Å²) in [6, 6.07) is 10.1. The van der Waals surface area contributed by atoms with Crippen molar-refractivity contribution in [2.75, 3.05) is 30.9 Å². The van der Waals surface area contributed by atoms with Crippen LogP contribution in [0.15, 0.2) is 52.6 Å². The minimum absolute atomic E-state index is 0.554. The molecule has 1 aromatic carbocycles. The number of amidine groups is 1. The predicted molar refractivity (Wildman–Crippen MR) is 132 cm³/mol. The molecule has 1 fully saturated rings. The molecule has 2 aromatic heterocycles. The highest BCUT2D eigenvalue weighted by molar-refractivity contribution is 8.02. The zero-order chi connectivity index (χ0) is 22.0. The van der Waals surface area contributed by atoms with Gasteiger partial charge in [-0.15, -0.1) is 11.8 Å². The van der Waals surface area contributed by atoms with Gasteiger partial charge in [-0.2, -0.15) is 9.78 Å². The Labute approximate surface area is 188 Å². The Hall–Kier alpha value is -2.65. The van der Waals surface area contributed by atoms with E-state index in [0.717, 1.165) is 45.9 Å². The van der Waals surface area contributed by atoms with Gasteiger partial charge in [0.2, 0.25) is 0 Å². The number of allylic oxidation sites excluding steroid dienone is 1. The van der Waals surface area contributed by atoms with Crippen molar-refractivity contribution < 1.29 is 4.21 Å². The third-order valence-corrected chi connectivity index (χ3v) is 7.54. The molecule has 162 valence electrons. The van der Waals surface area contributed by atoms with Crippen molar-refractivity contribution in [3.05, 3.63) is 47.6 Å². The van der Waals surface area contributed by atoms with E-state index in [0.29, 0.717) is 23.1 Å². The molecule has 0 saturated carbocycles. The monoisotopic (exact) mass is 454 g/mol. The second-order valence-corrected chi connectivity index (χ2v) is 10.1. The van der Waals surface area contributed by atoms with Crippen LogP contribution in [0.5, 0.6) is 0 Å². The van der Waals surface area contributed by atoms with Gasteiger partial charge in [0.15, 0.2) is 5.82 Å². The van der Waals surface area contributed by atoms with E-state index in [9.17, 15) is 4.21 Å². The fourth-order valence-corrected chi connectivity index (χ4v) is 4.83. The number of fused-ring (bicyclic) bond motifs is 1. The highest BCUT2D eigenvalue weighted by atomic mass is 32.2. The summed E-state index contributed by atoms with van der Waals surface area (Å²) >= 11 is 1.58. The van der Waals surface area contributed by atoms with E-state index in [1.807, 2.05) is 50.6 Å². The molecule has 7 nitrogen and oxygen atoms in total. The highest BCUT2D eigenvalue weighted by Gasteiger charge is 2.20. The Morgan fingerprint density at radius 1 is 1.19 bits per heavy atom. The number of hydrogen-bond acceptors (Lipinski definition) is 6. The first kappa shape index (κ1) is 21.6. The van der Waals surface area contributed by atoms with Crippen LogP contribution in [-0.2, 0) is 10.8 Å². The van der Waals surface area contributed by atoms with E-state index in [-0.39, 0.29) is 0 Å². The molecule has 0 unspecified atom stereocenters. The number of rotatable bonds is 4. The van der Waals surface area contributed by atoms with Crippen molar-refractivity contribution in [3.8, 4) is 11.1 Å². The van der Waals surface area contributed by atoms with Crippen molar-refractivity contribution in [2.45, 2.75) is 13.8 Å². The molecule has 0 spiro atoms. The van der Waals surface area contributed by atoms with Crippen LogP contribution < -0.4 is 5.73 Å². The van der Waals surface area contributed by atoms with E-state index >= 15 is 0 Å². The Kier molecular flexibility index (Phi) is 6.43. The maximum atomic E-state index is 11.7.